The Morgan fingerprint density at radius 1 is 0.943 bits per heavy atom. The molecule has 4 atom stereocenters. The average molecular weight is 495 g/mol. The van der Waals surface area contributed by atoms with Crippen LogP contribution in [0.3, 0.4) is 0 Å². The molecule has 1 fully saturated rings. The zero-order valence-corrected chi connectivity index (χ0v) is 18.9. The first-order chi connectivity index (χ1) is 16.6. The Balaban J connectivity index is 2.20. The fourth-order valence-corrected chi connectivity index (χ4v) is 3.52. The Bertz CT molecular complexity index is 916. The molecule has 4 unspecified atom stereocenters. The van der Waals surface area contributed by atoms with Gasteiger partial charge in [0.2, 0.25) is 17.7 Å². The number of amides is 3. The molecule has 0 spiro atoms. The number of carbonyl (C=O) groups excluding carboxylic acids is 3. The van der Waals surface area contributed by atoms with Gasteiger partial charge in [-0.25, -0.2) is 4.79 Å². The number of aliphatic carboxylic acids is 2. The molecular weight excluding hydrogens is 464 g/mol. The number of carbonyl (C=O) groups is 5. The monoisotopic (exact) mass is 494 g/mol. The van der Waals surface area contributed by atoms with Crippen LogP contribution in [0.2, 0.25) is 0 Å². The number of hydrogen-bond donors (Lipinski definition) is 8. The lowest BCUT2D eigenvalue weighted by atomic mass is 10.0. The van der Waals surface area contributed by atoms with Gasteiger partial charge in [0, 0.05) is 12.8 Å². The molecule has 1 aromatic carbocycles. The van der Waals surface area contributed by atoms with E-state index in [4.69, 9.17) is 10.2 Å². The highest BCUT2D eigenvalue weighted by Gasteiger charge is 2.31. The van der Waals surface area contributed by atoms with Crippen LogP contribution in [0.25, 0.3) is 0 Å². The van der Waals surface area contributed by atoms with Gasteiger partial charge in [0.1, 0.15) is 23.9 Å². The van der Waals surface area contributed by atoms with Crippen LogP contribution in [0.5, 0.6) is 5.75 Å². The number of carboxylic acid groups (broad SMARTS) is 2. The van der Waals surface area contributed by atoms with Gasteiger partial charge in [-0.1, -0.05) is 12.1 Å². The molecule has 0 aliphatic carbocycles. The molecule has 1 aliphatic heterocycles. The van der Waals surface area contributed by atoms with Crippen molar-refractivity contribution in [2.24, 2.45) is 0 Å². The van der Waals surface area contributed by atoms with Crippen LogP contribution in [-0.4, -0.2) is 87.4 Å². The first-order valence-corrected chi connectivity index (χ1v) is 11.1. The molecule has 0 radical (unpaired) electrons. The van der Waals surface area contributed by atoms with Crippen molar-refractivity contribution in [1.29, 1.82) is 0 Å². The number of hydrogen-bond acceptors (Lipinski definition) is 8. The lowest BCUT2D eigenvalue weighted by Crippen LogP contribution is -2.58. The van der Waals surface area contributed by atoms with Gasteiger partial charge >= 0.3 is 11.9 Å². The molecule has 0 bridgehead atoms. The maximum absolute atomic E-state index is 13.0. The van der Waals surface area contributed by atoms with Gasteiger partial charge in [0.15, 0.2) is 0 Å². The second kappa shape index (κ2) is 13.2. The number of aliphatic hydroxyl groups is 1. The van der Waals surface area contributed by atoms with Gasteiger partial charge < -0.3 is 41.7 Å². The second-order valence-corrected chi connectivity index (χ2v) is 8.16. The predicted molar refractivity (Wildman–Crippen MR) is 120 cm³/mol. The third kappa shape index (κ3) is 8.87. The van der Waals surface area contributed by atoms with E-state index in [1.54, 1.807) is 0 Å². The Kier molecular flexibility index (Phi) is 10.4. The van der Waals surface area contributed by atoms with E-state index in [0.29, 0.717) is 18.5 Å². The lowest BCUT2D eigenvalue weighted by Gasteiger charge is -2.25. The molecule has 13 nitrogen and oxygen atoms in total. The third-order valence-electron chi connectivity index (χ3n) is 5.46. The minimum Gasteiger partial charge on any atom is -0.508 e. The summed E-state index contributed by atoms with van der Waals surface area (Å²) in [6.07, 6.45) is 0.565. The Morgan fingerprint density at radius 3 is 2.11 bits per heavy atom. The largest absolute Gasteiger partial charge is 0.508 e. The molecule has 1 saturated heterocycles. The molecule has 0 aromatic heterocycles. The molecule has 1 aromatic rings. The summed E-state index contributed by atoms with van der Waals surface area (Å²) in [5.74, 6) is -4.89. The minimum atomic E-state index is -1.61. The van der Waals surface area contributed by atoms with Crippen LogP contribution in [0.1, 0.15) is 31.2 Å². The highest BCUT2D eigenvalue weighted by molar-refractivity contribution is 5.94. The van der Waals surface area contributed by atoms with Crippen LogP contribution in [0.4, 0.5) is 0 Å². The maximum Gasteiger partial charge on any atom is 0.328 e. The van der Waals surface area contributed by atoms with E-state index < -0.39 is 66.9 Å². The van der Waals surface area contributed by atoms with Gasteiger partial charge in [0.25, 0.3) is 0 Å². The molecule has 0 saturated carbocycles. The highest BCUT2D eigenvalue weighted by atomic mass is 16.4. The Hall–Kier alpha value is -3.71. The van der Waals surface area contributed by atoms with Gasteiger partial charge in [-0.05, 0) is 43.5 Å². The standard InChI is InChI=1S/C22H30N4O9/c27-11-17(22(34)35)26-21(33)16(10-12-3-5-13(28)6-4-12)25-20(32)15(7-8-18(29)30)24-19(31)14-2-1-9-23-14/h3-6,14-17,23,27-28H,1-2,7-11H2,(H,24,31)(H,25,32)(H,26,33)(H,29,30)(H,34,35). The number of phenolic OH excluding ortho intramolecular Hbond substituents is 1. The number of nitrogens with one attached hydrogen (secondary N) is 4. The normalized spacial score (nSPS) is 17.6. The van der Waals surface area contributed by atoms with Crippen molar-refractivity contribution >= 4 is 29.7 Å². The first kappa shape index (κ1) is 27.5. The SMILES string of the molecule is O=C(O)CCC(NC(=O)C1CCCN1)C(=O)NC(Cc1ccc(O)cc1)C(=O)NC(CO)C(=O)O. The summed E-state index contributed by atoms with van der Waals surface area (Å²) < 4.78 is 0. The van der Waals surface area contributed by atoms with Crippen molar-refractivity contribution < 1.29 is 44.4 Å². The zero-order chi connectivity index (χ0) is 26.0. The van der Waals surface area contributed by atoms with E-state index in [2.05, 4.69) is 21.3 Å². The van der Waals surface area contributed by atoms with Gasteiger partial charge in [-0.3, -0.25) is 19.2 Å². The van der Waals surface area contributed by atoms with Crippen molar-refractivity contribution in [3.8, 4) is 5.75 Å². The Morgan fingerprint density at radius 2 is 1.57 bits per heavy atom. The first-order valence-electron chi connectivity index (χ1n) is 11.1. The average Bonchev–Trinajstić information content (AvgIpc) is 3.35. The fraction of sp³-hybridized carbons (Fsp3) is 0.500. The van der Waals surface area contributed by atoms with Crippen LogP contribution >= 0.6 is 0 Å². The third-order valence-corrected chi connectivity index (χ3v) is 5.46. The molecule has 35 heavy (non-hydrogen) atoms. The van der Waals surface area contributed by atoms with Crippen LogP contribution in [0, 0.1) is 0 Å². The molecule has 1 heterocycles. The van der Waals surface area contributed by atoms with E-state index in [1.165, 1.54) is 24.3 Å². The van der Waals surface area contributed by atoms with Crippen LogP contribution < -0.4 is 21.3 Å². The summed E-state index contributed by atoms with van der Waals surface area (Å²) >= 11 is 0. The number of phenols is 1. The molecule has 192 valence electrons. The van der Waals surface area contributed by atoms with Crippen molar-refractivity contribution in [2.45, 2.75) is 56.3 Å². The quantitative estimate of drug-likeness (QED) is 0.152. The molecular formula is C22H30N4O9. The van der Waals surface area contributed by atoms with E-state index in [-0.39, 0.29) is 18.6 Å². The fourth-order valence-electron chi connectivity index (χ4n) is 3.52. The number of aliphatic hydroxyl groups excluding tert-OH is 1. The lowest BCUT2D eigenvalue weighted by molar-refractivity contribution is -0.143. The van der Waals surface area contributed by atoms with E-state index in [0.717, 1.165) is 6.42 Å². The summed E-state index contributed by atoms with van der Waals surface area (Å²) in [7, 11) is 0. The van der Waals surface area contributed by atoms with Crippen LogP contribution in [-0.2, 0) is 30.4 Å². The molecule has 2 rings (SSSR count). The van der Waals surface area contributed by atoms with Gasteiger partial charge in [0.05, 0.1) is 12.6 Å². The van der Waals surface area contributed by atoms with Crippen molar-refractivity contribution in [1.82, 2.24) is 21.3 Å². The summed E-state index contributed by atoms with van der Waals surface area (Å²) in [5.41, 5.74) is 0.514. The van der Waals surface area contributed by atoms with Crippen molar-refractivity contribution in [3.05, 3.63) is 29.8 Å². The van der Waals surface area contributed by atoms with Gasteiger partial charge in [-0.15, -0.1) is 0 Å². The second-order valence-electron chi connectivity index (χ2n) is 8.16. The van der Waals surface area contributed by atoms with Crippen molar-refractivity contribution in [3.63, 3.8) is 0 Å². The number of rotatable bonds is 13. The van der Waals surface area contributed by atoms with E-state index in [1.807, 2.05) is 0 Å². The number of benzene rings is 1. The summed E-state index contributed by atoms with van der Waals surface area (Å²) in [4.78, 5) is 60.6. The maximum atomic E-state index is 13.0. The smallest absolute Gasteiger partial charge is 0.328 e. The summed E-state index contributed by atoms with van der Waals surface area (Å²) in [5, 5.41) is 46.9. The highest BCUT2D eigenvalue weighted by Crippen LogP contribution is 2.12. The predicted octanol–water partition coefficient (Wildman–Crippen LogP) is -1.92. The number of carboxylic acids is 2. The van der Waals surface area contributed by atoms with Crippen molar-refractivity contribution in [2.75, 3.05) is 13.2 Å². The molecule has 3 amide bonds. The van der Waals surface area contributed by atoms with E-state index >= 15 is 0 Å². The van der Waals surface area contributed by atoms with E-state index in [9.17, 15) is 34.2 Å². The number of aromatic hydroxyl groups is 1. The zero-order valence-electron chi connectivity index (χ0n) is 18.9. The molecule has 8 N–H and O–H groups in total. The van der Waals surface area contributed by atoms with Crippen LogP contribution in [0.15, 0.2) is 24.3 Å². The summed E-state index contributed by atoms with van der Waals surface area (Å²) in [6, 6.07) is 1.01. The molecule has 1 aliphatic rings. The topological polar surface area (TPSA) is 214 Å². The summed E-state index contributed by atoms with van der Waals surface area (Å²) in [6.45, 7) is -0.249. The Labute approximate surface area is 200 Å². The minimum absolute atomic E-state index is 0.0259. The molecule has 13 heteroatoms. The van der Waals surface area contributed by atoms with Gasteiger partial charge in [-0.2, -0.15) is 0 Å².